The summed E-state index contributed by atoms with van der Waals surface area (Å²) in [6.45, 7) is 6.26. The Morgan fingerprint density at radius 3 is 2.52 bits per heavy atom. The highest BCUT2D eigenvalue weighted by molar-refractivity contribution is 9.11. The van der Waals surface area contributed by atoms with Crippen molar-refractivity contribution < 1.29 is 0 Å². The number of nitrogens with zero attached hydrogens (tertiary/aromatic N) is 2. The lowest BCUT2D eigenvalue weighted by atomic mass is 10.2. The van der Waals surface area contributed by atoms with Crippen molar-refractivity contribution in [2.45, 2.75) is 13.8 Å². The maximum absolute atomic E-state index is 12.3. The normalized spacial score (nSPS) is 11.3. The third-order valence-corrected chi connectivity index (χ3v) is 5.30. The van der Waals surface area contributed by atoms with E-state index in [1.807, 2.05) is 18.2 Å². The Bertz CT molecular complexity index is 1020. The van der Waals surface area contributed by atoms with Crippen LogP contribution < -0.4 is 15.8 Å². The summed E-state index contributed by atoms with van der Waals surface area (Å²) in [5, 5.41) is 3.74. The Morgan fingerprint density at radius 1 is 1.15 bits per heavy atom. The third-order valence-electron chi connectivity index (χ3n) is 4.23. The van der Waals surface area contributed by atoms with Gasteiger partial charge in [-0.05, 0) is 72.3 Å². The molecule has 27 heavy (non-hydrogen) atoms. The minimum atomic E-state index is -0.176. The molecule has 0 bridgehead atoms. The molecule has 1 aromatic heterocycles. The Kier molecular flexibility index (Phi) is 6.34. The van der Waals surface area contributed by atoms with Gasteiger partial charge < -0.3 is 15.2 Å². The van der Waals surface area contributed by atoms with Gasteiger partial charge in [0.2, 0.25) is 0 Å². The number of nitrogens with one attached hydrogen (secondary N) is 2. The fourth-order valence-electron chi connectivity index (χ4n) is 2.84. The first-order chi connectivity index (χ1) is 13.0. The zero-order chi connectivity index (χ0) is 19.4. The summed E-state index contributed by atoms with van der Waals surface area (Å²) in [6, 6.07) is 11.9. The molecule has 0 fully saturated rings. The van der Waals surface area contributed by atoms with Crippen LogP contribution in [0.4, 0.5) is 11.4 Å². The predicted molar refractivity (Wildman–Crippen MR) is 120 cm³/mol. The quantitative estimate of drug-likeness (QED) is 0.486. The lowest BCUT2D eigenvalue weighted by Gasteiger charge is -2.21. The van der Waals surface area contributed by atoms with Crippen molar-refractivity contribution in [3.05, 3.63) is 67.7 Å². The van der Waals surface area contributed by atoms with Crippen LogP contribution in [0.3, 0.4) is 0 Å². The molecule has 3 aromatic rings. The van der Waals surface area contributed by atoms with Crippen molar-refractivity contribution in [2.75, 3.05) is 23.3 Å². The van der Waals surface area contributed by atoms with Crippen molar-refractivity contribution in [1.82, 2.24) is 9.97 Å². The Morgan fingerprint density at radius 2 is 1.85 bits per heavy atom. The molecule has 3 rings (SSSR count). The van der Waals surface area contributed by atoms with Gasteiger partial charge >= 0.3 is 0 Å². The number of hydrogen-bond donors (Lipinski definition) is 2. The maximum atomic E-state index is 12.3. The number of aromatic nitrogens is 2. The highest BCUT2D eigenvalue weighted by Crippen LogP contribution is 2.25. The first-order valence-electron chi connectivity index (χ1n) is 8.69. The van der Waals surface area contributed by atoms with Crippen LogP contribution in [0.15, 0.2) is 56.3 Å². The van der Waals surface area contributed by atoms with Crippen molar-refractivity contribution in [1.29, 1.82) is 0 Å². The fourth-order valence-corrected chi connectivity index (χ4v) is 4.15. The summed E-state index contributed by atoms with van der Waals surface area (Å²) in [6.07, 6.45) is 3.51. The van der Waals surface area contributed by atoms with Gasteiger partial charge in [0.1, 0.15) is 5.82 Å². The van der Waals surface area contributed by atoms with E-state index in [2.05, 4.69) is 78.0 Å². The van der Waals surface area contributed by atoms with E-state index in [0.717, 1.165) is 27.7 Å². The molecule has 2 N–H and O–H groups in total. The molecule has 2 aromatic carbocycles. The number of H-pyrrole nitrogens is 1. The van der Waals surface area contributed by atoms with Crippen molar-refractivity contribution in [3.63, 3.8) is 0 Å². The van der Waals surface area contributed by atoms with E-state index < -0.39 is 0 Å². The third kappa shape index (κ3) is 4.59. The molecule has 0 atom stereocenters. The largest absolute Gasteiger partial charge is 0.372 e. The van der Waals surface area contributed by atoms with Gasteiger partial charge in [0.15, 0.2) is 0 Å². The second-order valence-corrected chi connectivity index (χ2v) is 7.70. The van der Waals surface area contributed by atoms with Crippen molar-refractivity contribution in [3.8, 4) is 0 Å². The number of rotatable bonds is 6. The summed E-state index contributed by atoms with van der Waals surface area (Å²) in [5.41, 5.74) is 2.62. The van der Waals surface area contributed by atoms with Crippen LogP contribution in [0.25, 0.3) is 17.0 Å². The van der Waals surface area contributed by atoms with Gasteiger partial charge in [0.25, 0.3) is 5.56 Å². The summed E-state index contributed by atoms with van der Waals surface area (Å²) in [7, 11) is 0. The molecule has 140 valence electrons. The minimum absolute atomic E-state index is 0.176. The van der Waals surface area contributed by atoms with E-state index in [1.165, 1.54) is 5.69 Å². The fraction of sp³-hybridized carbons (Fsp3) is 0.200. The Labute approximate surface area is 174 Å². The zero-order valence-electron chi connectivity index (χ0n) is 15.1. The van der Waals surface area contributed by atoms with Crippen LogP contribution in [0, 0.1) is 0 Å². The van der Waals surface area contributed by atoms with E-state index in [9.17, 15) is 4.79 Å². The molecule has 0 aliphatic carbocycles. The molecule has 5 nitrogen and oxygen atoms in total. The van der Waals surface area contributed by atoms with Gasteiger partial charge in [-0.3, -0.25) is 4.79 Å². The van der Waals surface area contributed by atoms with E-state index in [4.69, 9.17) is 0 Å². The van der Waals surface area contributed by atoms with Crippen LogP contribution in [0.2, 0.25) is 0 Å². The molecule has 0 saturated heterocycles. The van der Waals surface area contributed by atoms with Crippen LogP contribution in [-0.2, 0) is 0 Å². The highest BCUT2D eigenvalue weighted by atomic mass is 79.9. The van der Waals surface area contributed by atoms with Gasteiger partial charge in [-0.2, -0.15) is 0 Å². The standard InChI is InChI=1S/C20H20Br2N4O/c1-3-26(4-2)15-7-5-14(6-8-15)23-10-9-18-24-19-16(20(27)25-18)11-13(21)12-17(19)22/h5-12,23H,3-4H2,1-2H3,(H,24,25,27)/b10-9+. The maximum Gasteiger partial charge on any atom is 0.259 e. The topological polar surface area (TPSA) is 61.0 Å². The average molecular weight is 492 g/mol. The van der Waals surface area contributed by atoms with Gasteiger partial charge in [0, 0.05) is 39.6 Å². The molecular formula is C20H20Br2N4O. The van der Waals surface area contributed by atoms with Crippen LogP contribution in [0.5, 0.6) is 0 Å². The number of benzene rings is 2. The first kappa shape index (κ1) is 19.6. The van der Waals surface area contributed by atoms with Crippen LogP contribution in [0.1, 0.15) is 19.7 Å². The second-order valence-electron chi connectivity index (χ2n) is 5.93. The van der Waals surface area contributed by atoms with Gasteiger partial charge in [-0.1, -0.05) is 15.9 Å². The average Bonchev–Trinajstić information content (AvgIpc) is 2.65. The van der Waals surface area contributed by atoms with E-state index in [1.54, 1.807) is 18.3 Å². The number of anilines is 2. The Hall–Kier alpha value is -2.12. The summed E-state index contributed by atoms with van der Waals surface area (Å²) in [5.74, 6) is 0.489. The zero-order valence-corrected chi connectivity index (χ0v) is 18.3. The summed E-state index contributed by atoms with van der Waals surface area (Å²) in [4.78, 5) is 21.9. The van der Waals surface area contributed by atoms with Crippen molar-refractivity contribution in [2.24, 2.45) is 0 Å². The first-order valence-corrected chi connectivity index (χ1v) is 10.3. The van der Waals surface area contributed by atoms with E-state index >= 15 is 0 Å². The molecule has 0 radical (unpaired) electrons. The molecule has 0 unspecified atom stereocenters. The number of hydrogen-bond acceptors (Lipinski definition) is 4. The molecule has 0 aliphatic rings. The highest BCUT2D eigenvalue weighted by Gasteiger charge is 2.07. The van der Waals surface area contributed by atoms with Crippen LogP contribution in [-0.4, -0.2) is 23.1 Å². The van der Waals surface area contributed by atoms with Crippen molar-refractivity contribution >= 4 is 60.2 Å². The minimum Gasteiger partial charge on any atom is -0.372 e. The van der Waals surface area contributed by atoms with Gasteiger partial charge in [-0.15, -0.1) is 0 Å². The van der Waals surface area contributed by atoms with Gasteiger partial charge in [0.05, 0.1) is 10.9 Å². The number of halogens is 2. The molecule has 1 heterocycles. The van der Waals surface area contributed by atoms with E-state index in [0.29, 0.717) is 16.7 Å². The SMILES string of the molecule is CCN(CC)c1ccc(N/C=C/c2nc3c(Br)cc(Br)cc3c(=O)[nH]2)cc1. The summed E-state index contributed by atoms with van der Waals surface area (Å²) >= 11 is 6.85. The van der Waals surface area contributed by atoms with Gasteiger partial charge in [-0.25, -0.2) is 4.98 Å². The van der Waals surface area contributed by atoms with Crippen LogP contribution >= 0.6 is 31.9 Å². The lowest BCUT2D eigenvalue weighted by molar-refractivity contribution is 0.866. The van der Waals surface area contributed by atoms with E-state index in [-0.39, 0.29) is 5.56 Å². The lowest BCUT2D eigenvalue weighted by Crippen LogP contribution is -2.21. The molecule has 0 spiro atoms. The second kappa shape index (κ2) is 8.71. The predicted octanol–water partition coefficient (Wildman–Crippen LogP) is 5.38. The molecular weight excluding hydrogens is 472 g/mol. The molecule has 0 saturated carbocycles. The molecule has 7 heteroatoms. The summed E-state index contributed by atoms with van der Waals surface area (Å²) < 4.78 is 1.60. The molecule has 0 aliphatic heterocycles. The Balaban J connectivity index is 1.77. The number of aromatic amines is 1. The number of fused-ring (bicyclic) bond motifs is 1. The monoisotopic (exact) mass is 490 g/mol. The smallest absolute Gasteiger partial charge is 0.259 e. The molecule has 0 amide bonds.